The smallest absolute Gasteiger partial charge is 0.101 e. The van der Waals surface area contributed by atoms with Crippen molar-refractivity contribution in [3.05, 3.63) is 41.2 Å². The van der Waals surface area contributed by atoms with Gasteiger partial charge in [-0.05, 0) is 6.07 Å². The van der Waals surface area contributed by atoms with Gasteiger partial charge in [0.2, 0.25) is 0 Å². The van der Waals surface area contributed by atoms with Crippen LogP contribution in [0.1, 0.15) is 5.56 Å². The Bertz CT molecular complexity index is 542. The van der Waals surface area contributed by atoms with Crippen LogP contribution in [0.15, 0.2) is 30.6 Å². The maximum Gasteiger partial charge on any atom is 0.101 e. The summed E-state index contributed by atoms with van der Waals surface area (Å²) in [6, 6.07) is 7.12. The topological polar surface area (TPSA) is 61.8 Å². The van der Waals surface area contributed by atoms with Gasteiger partial charge in [0.05, 0.1) is 23.0 Å². The first-order chi connectivity index (χ1) is 7.22. The first kappa shape index (κ1) is 9.56. The molecule has 1 aromatic heterocycles. The van der Waals surface area contributed by atoms with Crippen molar-refractivity contribution in [2.75, 3.05) is 0 Å². The van der Waals surface area contributed by atoms with Gasteiger partial charge >= 0.3 is 0 Å². The average Bonchev–Trinajstić information content (AvgIpc) is 2.65. The predicted octanol–water partition coefficient (Wildman–Crippen LogP) is 2.31. The van der Waals surface area contributed by atoms with E-state index in [2.05, 4.69) is 5.10 Å². The fourth-order valence-corrected chi connectivity index (χ4v) is 1.57. The Hall–Kier alpha value is -1.99. The van der Waals surface area contributed by atoms with Crippen LogP contribution in [0.5, 0.6) is 0 Å². The zero-order chi connectivity index (χ0) is 10.8. The molecular weight excluding hydrogens is 214 g/mol. The molecule has 0 fully saturated rings. The molecule has 2 aromatic rings. The van der Waals surface area contributed by atoms with Gasteiger partial charge in [-0.3, -0.25) is 0 Å². The summed E-state index contributed by atoms with van der Waals surface area (Å²) in [6.07, 6.45) is 2.89. The van der Waals surface area contributed by atoms with Gasteiger partial charge in [0, 0.05) is 11.1 Å². The van der Waals surface area contributed by atoms with Crippen molar-refractivity contribution in [2.45, 2.75) is 0 Å². The van der Waals surface area contributed by atoms with E-state index in [1.54, 1.807) is 18.2 Å². The van der Waals surface area contributed by atoms with Gasteiger partial charge in [-0.1, -0.05) is 23.7 Å². The van der Waals surface area contributed by atoms with E-state index < -0.39 is 0 Å². The Morgan fingerprint density at radius 3 is 2.87 bits per heavy atom. The number of benzene rings is 1. The Balaban J connectivity index is 2.59. The fourth-order valence-electron chi connectivity index (χ4n) is 1.29. The highest BCUT2D eigenvalue weighted by Crippen LogP contribution is 2.29. The van der Waals surface area contributed by atoms with Crippen LogP contribution in [0.4, 0.5) is 0 Å². The molecule has 1 heterocycles. The molecule has 0 aliphatic heterocycles. The third kappa shape index (κ3) is 1.65. The summed E-state index contributed by atoms with van der Waals surface area (Å²) in [7, 11) is 0. The maximum absolute atomic E-state index is 9.03. The summed E-state index contributed by atoms with van der Waals surface area (Å²) in [5.74, 6) is 0. The summed E-state index contributed by atoms with van der Waals surface area (Å²) in [5.41, 5.74) is 1.75. The molecule has 0 spiro atoms. The molecule has 1 aromatic carbocycles. The minimum atomic E-state index is 0.369. The highest BCUT2D eigenvalue weighted by atomic mass is 35.5. The third-order valence-electron chi connectivity index (χ3n) is 2.00. The number of nitrogens with zero attached hydrogens (tertiary/aromatic N) is 3. The molecule has 0 bridgehead atoms. The Morgan fingerprint density at radius 2 is 2.27 bits per heavy atom. The molecule has 0 unspecified atom stereocenters. The van der Waals surface area contributed by atoms with Crippen LogP contribution in [0.3, 0.4) is 0 Å². The zero-order valence-corrected chi connectivity index (χ0v) is 8.31. The van der Waals surface area contributed by atoms with E-state index in [0.29, 0.717) is 26.6 Å². The van der Waals surface area contributed by atoms with E-state index in [4.69, 9.17) is 22.1 Å². The second-order valence-corrected chi connectivity index (χ2v) is 3.31. The number of hydrogen-bond acceptors (Lipinski definition) is 3. The summed E-state index contributed by atoms with van der Waals surface area (Å²) >= 11 is 6.01. The number of rotatable bonds is 1. The minimum Gasteiger partial charge on any atom is -0.412 e. The summed E-state index contributed by atoms with van der Waals surface area (Å²) in [5, 5.41) is 21.8. The van der Waals surface area contributed by atoms with Crippen molar-refractivity contribution in [3.63, 3.8) is 0 Å². The summed E-state index contributed by atoms with van der Waals surface area (Å²) in [6.45, 7) is 0. The van der Waals surface area contributed by atoms with Crippen LogP contribution in [-0.4, -0.2) is 15.2 Å². The molecular formula is C10H6ClN3O. The lowest BCUT2D eigenvalue weighted by atomic mass is 10.1. The van der Waals surface area contributed by atoms with Crippen molar-refractivity contribution in [2.24, 2.45) is 0 Å². The summed E-state index contributed by atoms with van der Waals surface area (Å²) in [4.78, 5) is 0.699. The van der Waals surface area contributed by atoms with Gasteiger partial charge in [0.25, 0.3) is 0 Å². The minimum absolute atomic E-state index is 0.369. The lowest BCUT2D eigenvalue weighted by molar-refractivity contribution is 0.149. The van der Waals surface area contributed by atoms with Gasteiger partial charge in [-0.25, -0.2) is 0 Å². The van der Waals surface area contributed by atoms with Crippen molar-refractivity contribution < 1.29 is 5.21 Å². The first-order valence-corrected chi connectivity index (χ1v) is 4.53. The lowest BCUT2D eigenvalue weighted by Gasteiger charge is -2.01. The predicted molar refractivity (Wildman–Crippen MR) is 54.6 cm³/mol. The zero-order valence-electron chi connectivity index (χ0n) is 7.55. The quantitative estimate of drug-likeness (QED) is 0.749. The van der Waals surface area contributed by atoms with Gasteiger partial charge in [0.1, 0.15) is 6.07 Å². The molecule has 0 saturated heterocycles. The molecule has 2 rings (SSSR count). The van der Waals surface area contributed by atoms with Crippen molar-refractivity contribution in [3.8, 4) is 17.2 Å². The van der Waals surface area contributed by atoms with Crippen LogP contribution < -0.4 is 0 Å². The maximum atomic E-state index is 9.03. The van der Waals surface area contributed by atoms with Crippen LogP contribution >= 0.6 is 11.6 Å². The molecule has 0 amide bonds. The van der Waals surface area contributed by atoms with Crippen LogP contribution in [0.2, 0.25) is 5.02 Å². The first-order valence-electron chi connectivity index (χ1n) is 4.15. The molecule has 5 heteroatoms. The van der Waals surface area contributed by atoms with Crippen LogP contribution in [0, 0.1) is 11.3 Å². The van der Waals surface area contributed by atoms with E-state index >= 15 is 0 Å². The monoisotopic (exact) mass is 219 g/mol. The molecule has 15 heavy (non-hydrogen) atoms. The second kappa shape index (κ2) is 3.64. The molecule has 0 atom stereocenters. The van der Waals surface area contributed by atoms with E-state index in [9.17, 15) is 0 Å². The third-order valence-corrected chi connectivity index (χ3v) is 2.41. The second-order valence-electron chi connectivity index (χ2n) is 2.93. The Labute approximate surface area is 90.9 Å². The van der Waals surface area contributed by atoms with E-state index in [1.165, 1.54) is 12.4 Å². The van der Waals surface area contributed by atoms with Crippen molar-refractivity contribution >= 4 is 11.6 Å². The molecule has 0 aliphatic rings. The lowest BCUT2D eigenvalue weighted by Crippen LogP contribution is -1.87. The standard InChI is InChI=1S/C10H6ClN3O/c11-10-7(4-12)2-1-3-9(10)8-5-13-14(15)6-8/h1-3,5-6,15H. The van der Waals surface area contributed by atoms with Crippen LogP contribution in [0.25, 0.3) is 11.1 Å². The summed E-state index contributed by atoms with van der Waals surface area (Å²) < 4.78 is 0. The van der Waals surface area contributed by atoms with Crippen LogP contribution in [-0.2, 0) is 0 Å². The van der Waals surface area contributed by atoms with Crippen molar-refractivity contribution in [1.82, 2.24) is 9.94 Å². The van der Waals surface area contributed by atoms with E-state index in [-0.39, 0.29) is 0 Å². The highest BCUT2D eigenvalue weighted by molar-refractivity contribution is 6.34. The SMILES string of the molecule is N#Cc1cccc(-c2cnn(O)c2)c1Cl. The number of hydrogen-bond donors (Lipinski definition) is 1. The Kier molecular flexibility index (Phi) is 2.32. The van der Waals surface area contributed by atoms with E-state index in [0.717, 1.165) is 0 Å². The van der Waals surface area contributed by atoms with Gasteiger partial charge in [-0.15, -0.1) is 9.94 Å². The molecule has 0 radical (unpaired) electrons. The Morgan fingerprint density at radius 1 is 1.47 bits per heavy atom. The molecule has 74 valence electrons. The van der Waals surface area contributed by atoms with Gasteiger partial charge < -0.3 is 5.21 Å². The highest BCUT2D eigenvalue weighted by Gasteiger charge is 2.09. The fraction of sp³-hybridized carbons (Fsp3) is 0. The normalized spacial score (nSPS) is 9.87. The van der Waals surface area contributed by atoms with Gasteiger partial charge in [-0.2, -0.15) is 5.26 Å². The van der Waals surface area contributed by atoms with Crippen molar-refractivity contribution in [1.29, 1.82) is 5.26 Å². The largest absolute Gasteiger partial charge is 0.412 e. The van der Waals surface area contributed by atoms with Gasteiger partial charge in [0.15, 0.2) is 0 Å². The molecule has 1 N–H and O–H groups in total. The molecule has 0 saturated carbocycles. The number of nitriles is 1. The number of aromatic nitrogens is 2. The molecule has 4 nitrogen and oxygen atoms in total. The number of halogens is 1. The average molecular weight is 220 g/mol. The van der Waals surface area contributed by atoms with E-state index in [1.807, 2.05) is 6.07 Å². The molecule has 0 aliphatic carbocycles.